The molecule has 8 nitrogen and oxygen atoms in total. The molecular formula is C23H37N3O5. The zero-order valence-electron chi connectivity index (χ0n) is 19.8. The number of hydrogen-bond donors (Lipinski definition) is 2. The van der Waals surface area contributed by atoms with E-state index in [0.29, 0.717) is 24.4 Å². The van der Waals surface area contributed by atoms with E-state index in [1.165, 1.54) is 12.0 Å². The van der Waals surface area contributed by atoms with Gasteiger partial charge in [0.1, 0.15) is 11.4 Å². The molecule has 0 saturated heterocycles. The number of benzene rings is 1. The number of nitrogens with one attached hydrogen (secondary N) is 2. The highest BCUT2D eigenvalue weighted by Gasteiger charge is 2.27. The normalized spacial score (nSPS) is 12.1. The van der Waals surface area contributed by atoms with Crippen LogP contribution >= 0.6 is 0 Å². The van der Waals surface area contributed by atoms with Gasteiger partial charge in [0.2, 0.25) is 11.8 Å². The van der Waals surface area contributed by atoms with Crippen LogP contribution < -0.4 is 15.4 Å². The molecule has 3 amide bonds. The Labute approximate surface area is 185 Å². The Morgan fingerprint density at radius 2 is 1.77 bits per heavy atom. The van der Waals surface area contributed by atoms with Crippen molar-refractivity contribution < 1.29 is 23.9 Å². The zero-order valence-corrected chi connectivity index (χ0v) is 19.8. The van der Waals surface area contributed by atoms with Crippen LogP contribution in [0.2, 0.25) is 0 Å². The third-order valence-electron chi connectivity index (χ3n) is 4.41. The number of nitrogens with zero attached hydrogens (tertiary/aromatic N) is 1. The Balaban J connectivity index is 2.80. The van der Waals surface area contributed by atoms with Gasteiger partial charge in [0, 0.05) is 13.1 Å². The minimum absolute atomic E-state index is 0.0889. The van der Waals surface area contributed by atoms with Gasteiger partial charge in [-0.25, -0.2) is 4.79 Å². The number of rotatable bonds is 10. The molecule has 0 fully saturated rings. The largest absolute Gasteiger partial charge is 0.495 e. The number of ether oxygens (including phenoxy) is 2. The van der Waals surface area contributed by atoms with Gasteiger partial charge < -0.3 is 25.0 Å². The van der Waals surface area contributed by atoms with Crippen LogP contribution in [0.1, 0.15) is 48.0 Å². The van der Waals surface area contributed by atoms with Crippen LogP contribution in [0.3, 0.4) is 0 Å². The molecule has 8 heteroatoms. The number of hydrogen-bond acceptors (Lipinski definition) is 5. The van der Waals surface area contributed by atoms with Crippen LogP contribution in [0.5, 0.6) is 5.75 Å². The molecule has 1 atom stereocenters. The van der Waals surface area contributed by atoms with Crippen molar-refractivity contribution in [2.45, 2.75) is 53.6 Å². The molecule has 1 rings (SSSR count). The van der Waals surface area contributed by atoms with Crippen molar-refractivity contribution >= 4 is 23.6 Å². The molecule has 0 saturated carbocycles. The summed E-state index contributed by atoms with van der Waals surface area (Å²) < 4.78 is 10.5. The fraction of sp³-hybridized carbons (Fsp3) is 0.609. The summed E-state index contributed by atoms with van der Waals surface area (Å²) in [6.07, 6.45) is 0.0187. The molecule has 0 bridgehead atoms. The molecule has 174 valence electrons. The predicted molar refractivity (Wildman–Crippen MR) is 121 cm³/mol. The van der Waals surface area contributed by atoms with Gasteiger partial charge in [-0.3, -0.25) is 9.59 Å². The van der Waals surface area contributed by atoms with E-state index < -0.39 is 17.6 Å². The summed E-state index contributed by atoms with van der Waals surface area (Å²) in [5.74, 6) is -0.156. The second kappa shape index (κ2) is 12.2. The van der Waals surface area contributed by atoms with Crippen molar-refractivity contribution in [3.63, 3.8) is 0 Å². The molecule has 31 heavy (non-hydrogen) atoms. The number of carbonyl (C=O) groups is 3. The third kappa shape index (κ3) is 9.72. The Bertz CT molecular complexity index is 743. The van der Waals surface area contributed by atoms with Crippen LogP contribution in [0.15, 0.2) is 24.3 Å². The van der Waals surface area contributed by atoms with Gasteiger partial charge in [0.15, 0.2) is 0 Å². The number of likely N-dealkylation sites (N-methyl/N-ethyl adjacent to an activating group) is 1. The molecule has 2 N–H and O–H groups in total. The summed E-state index contributed by atoms with van der Waals surface area (Å²) in [4.78, 5) is 39.2. The second-order valence-electron chi connectivity index (χ2n) is 8.81. The highest BCUT2D eigenvalue weighted by Crippen LogP contribution is 2.23. The number of methoxy groups -OCH3 is 1. The van der Waals surface area contributed by atoms with Crippen LogP contribution in [0.25, 0.3) is 0 Å². The lowest BCUT2D eigenvalue weighted by Gasteiger charge is -2.27. The Hall–Kier alpha value is -2.77. The molecule has 0 aliphatic carbocycles. The van der Waals surface area contributed by atoms with Gasteiger partial charge >= 0.3 is 6.09 Å². The van der Waals surface area contributed by atoms with Crippen molar-refractivity contribution in [3.05, 3.63) is 24.3 Å². The van der Waals surface area contributed by atoms with E-state index >= 15 is 0 Å². The Morgan fingerprint density at radius 1 is 1.13 bits per heavy atom. The molecule has 1 unspecified atom stereocenters. The first-order valence-corrected chi connectivity index (χ1v) is 10.6. The smallest absolute Gasteiger partial charge is 0.407 e. The third-order valence-corrected chi connectivity index (χ3v) is 4.41. The van der Waals surface area contributed by atoms with Gasteiger partial charge in [-0.05, 0) is 52.2 Å². The predicted octanol–water partition coefficient (Wildman–Crippen LogP) is 3.67. The van der Waals surface area contributed by atoms with Gasteiger partial charge in [-0.2, -0.15) is 0 Å². The van der Waals surface area contributed by atoms with Crippen molar-refractivity contribution in [3.8, 4) is 5.75 Å². The van der Waals surface area contributed by atoms with Gasteiger partial charge in [0.25, 0.3) is 0 Å². The van der Waals surface area contributed by atoms with Gasteiger partial charge in [-0.1, -0.05) is 26.0 Å². The summed E-state index contributed by atoms with van der Waals surface area (Å²) in [7, 11) is 1.53. The van der Waals surface area contributed by atoms with Crippen LogP contribution in [-0.2, 0) is 14.3 Å². The van der Waals surface area contributed by atoms with E-state index in [4.69, 9.17) is 9.47 Å². The Kier molecular flexibility index (Phi) is 10.3. The summed E-state index contributed by atoms with van der Waals surface area (Å²) in [5.41, 5.74) is -0.0722. The molecule has 0 aromatic heterocycles. The fourth-order valence-corrected chi connectivity index (χ4v) is 3.08. The molecule has 1 aromatic carbocycles. The zero-order chi connectivity index (χ0) is 23.6. The maximum absolute atomic E-state index is 13.1. The highest BCUT2D eigenvalue weighted by molar-refractivity contribution is 5.96. The molecule has 0 heterocycles. The number of amides is 3. The standard InChI is InChI=1S/C23H37N3O5/c1-8-26(15-20(27)25-18-11-9-10-12-19(18)30-7)21(28)17(13-16(2)3)14-24-22(29)31-23(4,5)6/h9-12,16-17H,8,13-15H2,1-7H3,(H,24,29)(H,25,27). The van der Waals surface area contributed by atoms with Crippen LogP contribution in [0.4, 0.5) is 10.5 Å². The first kappa shape index (κ1) is 26.3. The lowest BCUT2D eigenvalue weighted by molar-refractivity contribution is -0.138. The molecular weight excluding hydrogens is 398 g/mol. The van der Waals surface area contributed by atoms with Crippen molar-refractivity contribution in [2.24, 2.45) is 11.8 Å². The van der Waals surface area contributed by atoms with E-state index in [9.17, 15) is 14.4 Å². The van der Waals surface area contributed by atoms with E-state index in [0.717, 1.165) is 0 Å². The average molecular weight is 436 g/mol. The van der Waals surface area contributed by atoms with Crippen molar-refractivity contribution in [1.29, 1.82) is 0 Å². The summed E-state index contributed by atoms with van der Waals surface area (Å²) >= 11 is 0. The number of carbonyl (C=O) groups excluding carboxylic acids is 3. The second-order valence-corrected chi connectivity index (χ2v) is 8.81. The number of para-hydroxylation sites is 2. The summed E-state index contributed by atoms with van der Waals surface area (Å²) in [6, 6.07) is 7.09. The quantitative estimate of drug-likeness (QED) is 0.584. The highest BCUT2D eigenvalue weighted by atomic mass is 16.6. The minimum atomic E-state index is -0.617. The SMILES string of the molecule is CCN(CC(=O)Nc1ccccc1OC)C(=O)C(CNC(=O)OC(C)(C)C)CC(C)C. The van der Waals surface area contributed by atoms with Gasteiger partial charge in [-0.15, -0.1) is 0 Å². The summed E-state index contributed by atoms with van der Waals surface area (Å²) in [5, 5.41) is 5.48. The van der Waals surface area contributed by atoms with Crippen molar-refractivity contribution in [2.75, 3.05) is 32.1 Å². The van der Waals surface area contributed by atoms with Crippen LogP contribution in [-0.4, -0.2) is 55.2 Å². The van der Waals surface area contributed by atoms with E-state index in [1.807, 2.05) is 26.8 Å². The Morgan fingerprint density at radius 3 is 2.32 bits per heavy atom. The van der Waals surface area contributed by atoms with Crippen molar-refractivity contribution in [1.82, 2.24) is 10.2 Å². The monoisotopic (exact) mass is 435 g/mol. The average Bonchev–Trinajstić information content (AvgIpc) is 2.67. The van der Waals surface area contributed by atoms with E-state index in [-0.39, 0.29) is 30.8 Å². The number of anilines is 1. The van der Waals surface area contributed by atoms with E-state index in [2.05, 4.69) is 10.6 Å². The maximum atomic E-state index is 13.1. The molecule has 1 aromatic rings. The lowest BCUT2D eigenvalue weighted by Crippen LogP contribution is -2.45. The maximum Gasteiger partial charge on any atom is 0.407 e. The molecule has 0 spiro atoms. The fourth-order valence-electron chi connectivity index (χ4n) is 3.08. The topological polar surface area (TPSA) is 97.0 Å². The van der Waals surface area contributed by atoms with E-state index in [1.54, 1.807) is 39.0 Å². The van der Waals surface area contributed by atoms with Crippen LogP contribution in [0, 0.1) is 11.8 Å². The first-order valence-electron chi connectivity index (χ1n) is 10.6. The minimum Gasteiger partial charge on any atom is -0.495 e. The molecule has 0 radical (unpaired) electrons. The lowest BCUT2D eigenvalue weighted by atomic mass is 9.95. The summed E-state index contributed by atoms with van der Waals surface area (Å²) in [6.45, 7) is 11.6. The first-order chi connectivity index (χ1) is 14.5. The molecule has 0 aliphatic rings. The molecule has 0 aliphatic heterocycles. The number of alkyl carbamates (subject to hydrolysis) is 1. The van der Waals surface area contributed by atoms with Gasteiger partial charge in [0.05, 0.1) is 25.3 Å².